The molecule has 2 aromatic rings. The van der Waals surface area contributed by atoms with E-state index in [2.05, 4.69) is 0 Å². The number of benzene rings is 2. The molecule has 0 aliphatic rings. The summed E-state index contributed by atoms with van der Waals surface area (Å²) in [6.07, 6.45) is -4.35. The fourth-order valence-electron chi connectivity index (χ4n) is 1.27. The first-order valence-corrected chi connectivity index (χ1v) is 5.57. The molecule has 20 heavy (non-hydrogen) atoms. The molecular formula is C14H12F3NO2. The molecule has 0 bridgehead atoms. The van der Waals surface area contributed by atoms with Gasteiger partial charge in [0.2, 0.25) is 0 Å². The summed E-state index contributed by atoms with van der Waals surface area (Å²) in [5.74, 6) is -0.879. The van der Waals surface area contributed by atoms with E-state index < -0.39 is 12.3 Å². The Bertz CT molecular complexity index is 527. The Labute approximate surface area is 113 Å². The second kappa shape index (κ2) is 7.18. The number of carbonyl (C=O) groups is 1. The number of para-hydroxylation sites is 1. The number of hydrogen-bond donors (Lipinski definition) is 2. The highest BCUT2D eigenvalue weighted by Crippen LogP contribution is 2.18. The predicted octanol–water partition coefficient (Wildman–Crippen LogP) is 4.00. The highest BCUT2D eigenvalue weighted by atomic mass is 19.4. The number of nitrogens with one attached hydrogen (secondary N) is 1. The van der Waals surface area contributed by atoms with Crippen molar-refractivity contribution in [2.75, 3.05) is 5.32 Å². The van der Waals surface area contributed by atoms with Gasteiger partial charge in [-0.05, 0) is 24.3 Å². The Balaban J connectivity index is 0.000000204. The van der Waals surface area contributed by atoms with Crippen LogP contribution in [0.2, 0.25) is 0 Å². The third kappa shape index (κ3) is 6.44. The van der Waals surface area contributed by atoms with E-state index in [1.807, 2.05) is 0 Å². The average molecular weight is 283 g/mol. The Morgan fingerprint density at radius 1 is 0.900 bits per heavy atom. The van der Waals surface area contributed by atoms with Crippen molar-refractivity contribution in [3.8, 4) is 0 Å². The highest BCUT2D eigenvalue weighted by molar-refractivity contribution is 5.87. The Morgan fingerprint density at radius 2 is 1.35 bits per heavy atom. The van der Waals surface area contributed by atoms with Gasteiger partial charge in [0.05, 0.1) is 5.56 Å². The zero-order chi connectivity index (χ0) is 15.0. The van der Waals surface area contributed by atoms with Crippen LogP contribution in [0, 0.1) is 0 Å². The third-order valence-electron chi connectivity index (χ3n) is 2.08. The van der Waals surface area contributed by atoms with Gasteiger partial charge in [-0.25, -0.2) is 4.79 Å². The van der Waals surface area contributed by atoms with E-state index in [9.17, 15) is 18.0 Å². The summed E-state index contributed by atoms with van der Waals surface area (Å²) in [7, 11) is 0. The van der Waals surface area contributed by atoms with Crippen molar-refractivity contribution >= 4 is 11.7 Å². The van der Waals surface area contributed by atoms with Gasteiger partial charge in [0, 0.05) is 5.69 Å². The lowest BCUT2D eigenvalue weighted by Gasteiger charge is -2.08. The molecule has 2 aromatic carbocycles. The minimum absolute atomic E-state index is 0.0556. The maximum absolute atomic E-state index is 11.6. The normalized spacial score (nSPS) is 10.2. The molecule has 6 heteroatoms. The van der Waals surface area contributed by atoms with Crippen LogP contribution in [0.5, 0.6) is 0 Å². The number of halogens is 3. The predicted molar refractivity (Wildman–Crippen MR) is 69.5 cm³/mol. The molecule has 0 radical (unpaired) electrons. The number of anilines is 1. The van der Waals surface area contributed by atoms with Crippen LogP contribution in [0.25, 0.3) is 0 Å². The van der Waals surface area contributed by atoms with Gasteiger partial charge in [0.25, 0.3) is 0 Å². The molecule has 0 aromatic heterocycles. The lowest BCUT2D eigenvalue weighted by molar-refractivity contribution is -0.0999. The quantitative estimate of drug-likeness (QED) is 0.819. The van der Waals surface area contributed by atoms with E-state index >= 15 is 0 Å². The second-order valence-corrected chi connectivity index (χ2v) is 3.66. The van der Waals surface area contributed by atoms with Gasteiger partial charge in [0.15, 0.2) is 0 Å². The van der Waals surface area contributed by atoms with Gasteiger partial charge in [-0.2, -0.15) is 13.2 Å². The number of alkyl halides is 3. The maximum Gasteiger partial charge on any atom is 0.482 e. The van der Waals surface area contributed by atoms with Crippen molar-refractivity contribution in [3.63, 3.8) is 0 Å². The molecule has 0 aliphatic carbocycles. The summed E-state index contributed by atoms with van der Waals surface area (Å²) in [4.78, 5) is 10.2. The van der Waals surface area contributed by atoms with Crippen molar-refractivity contribution < 1.29 is 23.1 Å². The van der Waals surface area contributed by atoms with E-state index in [1.165, 1.54) is 29.6 Å². The molecule has 106 valence electrons. The molecule has 0 atom stereocenters. The summed E-state index contributed by atoms with van der Waals surface area (Å²) < 4.78 is 34.9. The summed E-state index contributed by atoms with van der Waals surface area (Å²) >= 11 is 0. The van der Waals surface area contributed by atoms with Crippen molar-refractivity contribution in [1.29, 1.82) is 0 Å². The Hall–Kier alpha value is -2.50. The fourth-order valence-corrected chi connectivity index (χ4v) is 1.27. The van der Waals surface area contributed by atoms with E-state index in [-0.39, 0.29) is 5.69 Å². The Kier molecular flexibility index (Phi) is 5.58. The van der Waals surface area contributed by atoms with Gasteiger partial charge < -0.3 is 5.11 Å². The van der Waals surface area contributed by atoms with Gasteiger partial charge in [-0.1, -0.05) is 36.4 Å². The summed E-state index contributed by atoms with van der Waals surface area (Å²) in [6.45, 7) is 0. The topological polar surface area (TPSA) is 49.3 Å². The molecule has 0 amide bonds. The molecule has 3 nitrogen and oxygen atoms in total. The van der Waals surface area contributed by atoms with Gasteiger partial charge in [-0.15, -0.1) is 0 Å². The van der Waals surface area contributed by atoms with E-state index in [0.29, 0.717) is 5.56 Å². The molecule has 0 fully saturated rings. The third-order valence-corrected chi connectivity index (χ3v) is 2.08. The van der Waals surface area contributed by atoms with Gasteiger partial charge in [0.1, 0.15) is 0 Å². The lowest BCUT2D eigenvalue weighted by Crippen LogP contribution is -2.20. The summed E-state index contributed by atoms with van der Waals surface area (Å²) in [5, 5.41) is 9.77. The van der Waals surface area contributed by atoms with Crippen molar-refractivity contribution in [1.82, 2.24) is 0 Å². The molecule has 0 aliphatic heterocycles. The van der Waals surface area contributed by atoms with Crippen LogP contribution in [0.1, 0.15) is 10.4 Å². The van der Waals surface area contributed by atoms with E-state index in [0.717, 1.165) is 0 Å². The zero-order valence-corrected chi connectivity index (χ0v) is 10.3. The molecule has 0 saturated heterocycles. The summed E-state index contributed by atoms with van der Waals surface area (Å²) in [5.41, 5.74) is 0.387. The first-order chi connectivity index (χ1) is 9.38. The van der Waals surface area contributed by atoms with E-state index in [4.69, 9.17) is 5.11 Å². The minimum atomic E-state index is -4.35. The van der Waals surface area contributed by atoms with Crippen LogP contribution >= 0.6 is 0 Å². The number of rotatable bonds is 2. The first kappa shape index (κ1) is 15.6. The van der Waals surface area contributed by atoms with Gasteiger partial charge >= 0.3 is 12.3 Å². The van der Waals surface area contributed by atoms with Crippen LogP contribution in [0.15, 0.2) is 60.7 Å². The average Bonchev–Trinajstić information content (AvgIpc) is 2.40. The molecular weight excluding hydrogens is 271 g/mol. The molecule has 0 saturated carbocycles. The molecule has 0 unspecified atom stereocenters. The standard InChI is InChI=1S/C7H6F3N.C7H6O2/c8-7(9,10)11-6-4-2-1-3-5-6;8-7(9)6-4-2-1-3-5-6/h1-5,11H;1-5H,(H,8,9). The molecule has 0 heterocycles. The van der Waals surface area contributed by atoms with E-state index in [1.54, 1.807) is 36.4 Å². The number of carboxylic acid groups (broad SMARTS) is 1. The van der Waals surface area contributed by atoms with Crippen molar-refractivity contribution in [2.24, 2.45) is 0 Å². The lowest BCUT2D eigenvalue weighted by atomic mass is 10.2. The van der Waals surface area contributed by atoms with Crippen LogP contribution in [0.4, 0.5) is 18.9 Å². The van der Waals surface area contributed by atoms with Crippen molar-refractivity contribution in [2.45, 2.75) is 6.30 Å². The van der Waals surface area contributed by atoms with Gasteiger partial charge in [-0.3, -0.25) is 5.32 Å². The fraction of sp³-hybridized carbons (Fsp3) is 0.0714. The molecule has 2 rings (SSSR count). The minimum Gasteiger partial charge on any atom is -0.478 e. The molecule has 0 spiro atoms. The van der Waals surface area contributed by atoms with Crippen molar-refractivity contribution in [3.05, 3.63) is 66.2 Å². The van der Waals surface area contributed by atoms with Crippen LogP contribution in [-0.4, -0.2) is 17.4 Å². The largest absolute Gasteiger partial charge is 0.482 e. The first-order valence-electron chi connectivity index (χ1n) is 5.57. The second-order valence-electron chi connectivity index (χ2n) is 3.66. The maximum atomic E-state index is 11.6. The Morgan fingerprint density at radius 3 is 1.70 bits per heavy atom. The SMILES string of the molecule is FC(F)(F)Nc1ccccc1.O=C(O)c1ccccc1. The smallest absolute Gasteiger partial charge is 0.478 e. The number of carboxylic acids is 1. The zero-order valence-electron chi connectivity index (χ0n) is 10.3. The van der Waals surface area contributed by atoms with Crippen LogP contribution in [0.3, 0.4) is 0 Å². The highest BCUT2D eigenvalue weighted by Gasteiger charge is 2.26. The number of aromatic carboxylic acids is 1. The van der Waals surface area contributed by atoms with Crippen LogP contribution in [-0.2, 0) is 0 Å². The molecule has 2 N–H and O–H groups in total. The summed E-state index contributed by atoms with van der Waals surface area (Å²) in [6, 6.07) is 15.7. The monoisotopic (exact) mass is 283 g/mol. The van der Waals surface area contributed by atoms with Crippen LogP contribution < -0.4 is 5.32 Å². The number of hydrogen-bond acceptors (Lipinski definition) is 2.